The molecule has 0 aliphatic carbocycles. The Morgan fingerprint density at radius 2 is 1.75 bits per heavy atom. The molecule has 0 atom stereocenters. The maximum atomic E-state index is 8.96. The number of nitriles is 1. The van der Waals surface area contributed by atoms with E-state index in [9.17, 15) is 0 Å². The van der Waals surface area contributed by atoms with Crippen molar-refractivity contribution in [1.82, 2.24) is 15.2 Å². The van der Waals surface area contributed by atoms with Gasteiger partial charge in [0.05, 0.1) is 17.8 Å². The minimum Gasteiger partial charge on any atom is -0.338 e. The first kappa shape index (κ1) is 15.4. The van der Waals surface area contributed by atoms with E-state index in [0.717, 1.165) is 22.5 Å². The van der Waals surface area contributed by atoms with Crippen LogP contribution in [0.25, 0.3) is 0 Å². The fourth-order valence-electron chi connectivity index (χ4n) is 2.35. The summed E-state index contributed by atoms with van der Waals surface area (Å²) < 4.78 is 0. The third kappa shape index (κ3) is 3.47. The number of nitrogens with zero attached hydrogens (tertiary/aromatic N) is 4. The molecule has 6 nitrogen and oxygen atoms in total. The van der Waals surface area contributed by atoms with Gasteiger partial charge in [-0.3, -0.25) is 0 Å². The first-order valence-electron chi connectivity index (χ1n) is 7.46. The van der Waals surface area contributed by atoms with Crippen LogP contribution in [0.1, 0.15) is 16.7 Å². The number of benzene rings is 2. The summed E-state index contributed by atoms with van der Waals surface area (Å²) in [6.45, 7) is 4.08. The average Bonchev–Trinajstić information content (AvgIpc) is 2.59. The molecule has 24 heavy (non-hydrogen) atoms. The summed E-state index contributed by atoms with van der Waals surface area (Å²) in [5, 5.41) is 23.3. The highest BCUT2D eigenvalue weighted by Gasteiger charge is 2.06. The van der Waals surface area contributed by atoms with Gasteiger partial charge < -0.3 is 10.6 Å². The molecule has 0 aliphatic rings. The minimum atomic E-state index is 0.362. The SMILES string of the molecule is Cc1cccc(C)c1Nc1cnnc(Nc2cccc(C#N)c2)n1. The molecule has 0 bridgehead atoms. The van der Waals surface area contributed by atoms with Crippen molar-refractivity contribution in [1.29, 1.82) is 5.26 Å². The molecule has 1 aromatic heterocycles. The van der Waals surface area contributed by atoms with E-state index >= 15 is 0 Å². The van der Waals surface area contributed by atoms with Gasteiger partial charge in [0.25, 0.3) is 0 Å². The summed E-state index contributed by atoms with van der Waals surface area (Å²) in [7, 11) is 0. The quantitative estimate of drug-likeness (QED) is 0.760. The number of para-hydroxylation sites is 1. The molecule has 2 aromatic carbocycles. The van der Waals surface area contributed by atoms with Gasteiger partial charge in [-0.05, 0) is 43.2 Å². The third-order valence-electron chi connectivity index (χ3n) is 3.54. The van der Waals surface area contributed by atoms with Crippen LogP contribution in [-0.4, -0.2) is 15.2 Å². The van der Waals surface area contributed by atoms with Gasteiger partial charge in [-0.15, -0.1) is 5.10 Å². The summed E-state index contributed by atoms with van der Waals surface area (Å²) in [5.41, 5.74) is 4.57. The van der Waals surface area contributed by atoms with Crippen LogP contribution in [0.3, 0.4) is 0 Å². The van der Waals surface area contributed by atoms with Crippen molar-refractivity contribution in [3.8, 4) is 6.07 Å². The largest absolute Gasteiger partial charge is 0.338 e. The predicted octanol–water partition coefficient (Wildman–Crippen LogP) is 3.85. The van der Waals surface area contributed by atoms with E-state index < -0.39 is 0 Å². The van der Waals surface area contributed by atoms with Gasteiger partial charge in [0.15, 0.2) is 5.82 Å². The van der Waals surface area contributed by atoms with E-state index in [-0.39, 0.29) is 0 Å². The van der Waals surface area contributed by atoms with E-state index in [1.54, 1.807) is 24.4 Å². The van der Waals surface area contributed by atoms with Crippen molar-refractivity contribution in [3.63, 3.8) is 0 Å². The molecule has 0 spiro atoms. The van der Waals surface area contributed by atoms with Gasteiger partial charge >= 0.3 is 0 Å². The van der Waals surface area contributed by atoms with Crippen LogP contribution in [0.5, 0.6) is 0 Å². The van der Waals surface area contributed by atoms with Gasteiger partial charge in [0.2, 0.25) is 5.95 Å². The summed E-state index contributed by atoms with van der Waals surface area (Å²) in [6.07, 6.45) is 1.57. The molecule has 0 saturated heterocycles. The van der Waals surface area contributed by atoms with E-state index in [0.29, 0.717) is 17.3 Å². The van der Waals surface area contributed by atoms with Gasteiger partial charge in [0.1, 0.15) is 0 Å². The van der Waals surface area contributed by atoms with Crippen molar-refractivity contribution in [2.45, 2.75) is 13.8 Å². The normalized spacial score (nSPS) is 10.0. The van der Waals surface area contributed by atoms with E-state index in [2.05, 4.69) is 31.9 Å². The van der Waals surface area contributed by atoms with Crippen molar-refractivity contribution in [2.24, 2.45) is 0 Å². The van der Waals surface area contributed by atoms with Gasteiger partial charge in [-0.2, -0.15) is 15.3 Å². The molecule has 0 radical (unpaired) electrons. The highest BCUT2D eigenvalue weighted by Crippen LogP contribution is 2.23. The molecular weight excluding hydrogens is 300 g/mol. The number of hydrogen-bond acceptors (Lipinski definition) is 6. The highest BCUT2D eigenvalue weighted by molar-refractivity contribution is 5.65. The van der Waals surface area contributed by atoms with Crippen molar-refractivity contribution in [3.05, 3.63) is 65.4 Å². The molecule has 1 heterocycles. The third-order valence-corrected chi connectivity index (χ3v) is 3.54. The smallest absolute Gasteiger partial charge is 0.249 e. The van der Waals surface area contributed by atoms with Crippen molar-refractivity contribution >= 4 is 23.1 Å². The van der Waals surface area contributed by atoms with Crippen LogP contribution in [0, 0.1) is 25.2 Å². The molecule has 0 aliphatic heterocycles. The Labute approximate surface area is 140 Å². The van der Waals surface area contributed by atoms with E-state index in [4.69, 9.17) is 5.26 Å². The first-order chi connectivity index (χ1) is 11.7. The Bertz CT molecular complexity index is 893. The fraction of sp³-hybridized carbons (Fsp3) is 0.111. The second-order valence-electron chi connectivity index (χ2n) is 5.37. The zero-order chi connectivity index (χ0) is 16.9. The molecule has 3 rings (SSSR count). The summed E-state index contributed by atoms with van der Waals surface area (Å²) in [4.78, 5) is 4.42. The molecule has 6 heteroatoms. The average molecular weight is 316 g/mol. The molecule has 0 saturated carbocycles. The lowest BCUT2D eigenvalue weighted by Gasteiger charge is -2.12. The minimum absolute atomic E-state index is 0.362. The van der Waals surface area contributed by atoms with Gasteiger partial charge in [-0.25, -0.2) is 0 Å². The second-order valence-corrected chi connectivity index (χ2v) is 5.37. The first-order valence-corrected chi connectivity index (χ1v) is 7.46. The van der Waals surface area contributed by atoms with Crippen LogP contribution < -0.4 is 10.6 Å². The number of rotatable bonds is 4. The standard InChI is InChI=1S/C18H16N6/c1-12-5-3-6-13(2)17(12)22-16-11-20-24-18(23-16)21-15-8-4-7-14(9-15)10-19/h3-9,11H,1-2H3,(H2,21,22,23,24). The van der Waals surface area contributed by atoms with Gasteiger partial charge in [0, 0.05) is 11.4 Å². The lowest BCUT2D eigenvalue weighted by molar-refractivity contribution is 0.982. The van der Waals surface area contributed by atoms with Crippen molar-refractivity contribution < 1.29 is 0 Å². The fourth-order valence-corrected chi connectivity index (χ4v) is 2.35. The summed E-state index contributed by atoms with van der Waals surface area (Å²) in [6, 6.07) is 15.3. The molecule has 0 amide bonds. The monoisotopic (exact) mass is 316 g/mol. The maximum Gasteiger partial charge on any atom is 0.249 e. The zero-order valence-electron chi connectivity index (χ0n) is 13.4. The Morgan fingerprint density at radius 1 is 1.00 bits per heavy atom. The van der Waals surface area contributed by atoms with Gasteiger partial charge in [-0.1, -0.05) is 24.3 Å². The topological polar surface area (TPSA) is 86.5 Å². The molecular formula is C18H16N6. The number of hydrogen-bond donors (Lipinski definition) is 2. The number of nitrogens with one attached hydrogen (secondary N) is 2. The summed E-state index contributed by atoms with van der Waals surface area (Å²) >= 11 is 0. The molecule has 0 unspecified atom stereocenters. The lowest BCUT2D eigenvalue weighted by Crippen LogP contribution is -2.04. The Morgan fingerprint density at radius 3 is 2.50 bits per heavy atom. The van der Waals surface area contributed by atoms with Crippen LogP contribution in [0.15, 0.2) is 48.7 Å². The Kier molecular flexibility index (Phi) is 4.34. The highest BCUT2D eigenvalue weighted by atomic mass is 15.3. The molecule has 2 N–H and O–H groups in total. The number of aromatic nitrogens is 3. The molecule has 118 valence electrons. The van der Waals surface area contributed by atoms with Crippen molar-refractivity contribution in [2.75, 3.05) is 10.6 Å². The Balaban J connectivity index is 1.83. The molecule has 3 aromatic rings. The predicted molar refractivity (Wildman–Crippen MR) is 93.5 cm³/mol. The number of anilines is 4. The van der Waals surface area contributed by atoms with Crippen LogP contribution in [0.4, 0.5) is 23.1 Å². The van der Waals surface area contributed by atoms with E-state index in [1.807, 2.05) is 38.1 Å². The summed E-state index contributed by atoms with van der Waals surface area (Å²) in [5.74, 6) is 0.961. The second kappa shape index (κ2) is 6.75. The van der Waals surface area contributed by atoms with Crippen LogP contribution in [-0.2, 0) is 0 Å². The van der Waals surface area contributed by atoms with E-state index in [1.165, 1.54) is 0 Å². The molecule has 0 fully saturated rings. The maximum absolute atomic E-state index is 8.96. The van der Waals surface area contributed by atoms with Crippen LogP contribution in [0.2, 0.25) is 0 Å². The lowest BCUT2D eigenvalue weighted by atomic mass is 10.1. The zero-order valence-corrected chi connectivity index (χ0v) is 13.4. The van der Waals surface area contributed by atoms with Crippen LogP contribution >= 0.6 is 0 Å². The Hall–Kier alpha value is -3.46. The number of aryl methyl sites for hydroxylation is 2.